The third-order valence-corrected chi connectivity index (χ3v) is 4.32. The molecule has 0 saturated carbocycles. The number of H-pyrrole nitrogens is 1. The van der Waals surface area contributed by atoms with E-state index in [-0.39, 0.29) is 19.8 Å². The first-order valence-electron chi connectivity index (χ1n) is 6.94. The Bertz CT molecular complexity index is 653. The Labute approximate surface area is 128 Å². The summed E-state index contributed by atoms with van der Waals surface area (Å²) in [4.78, 5) is 30.0. The monoisotopic (exact) mass is 332 g/mol. The maximum Gasteiger partial charge on any atom is 0.361 e. The number of nitrogens with one attached hydrogen (secondary N) is 1. The predicted molar refractivity (Wildman–Crippen MR) is 82.1 cm³/mol. The molecule has 0 unspecified atom stereocenters. The third-order valence-electron chi connectivity index (χ3n) is 2.51. The minimum atomic E-state index is -3.21. The van der Waals surface area contributed by atoms with Crippen molar-refractivity contribution in [3.63, 3.8) is 0 Å². The summed E-state index contributed by atoms with van der Waals surface area (Å²) in [6.45, 7) is 5.76. The van der Waals surface area contributed by atoms with E-state index in [9.17, 15) is 14.2 Å². The van der Waals surface area contributed by atoms with Crippen LogP contribution in [0.1, 0.15) is 25.8 Å². The van der Waals surface area contributed by atoms with Crippen LogP contribution in [-0.4, -0.2) is 29.5 Å². The van der Waals surface area contributed by atoms with Gasteiger partial charge in [0.15, 0.2) is 0 Å². The first-order chi connectivity index (χ1) is 10.4. The molecule has 0 aromatic carbocycles. The summed E-state index contributed by atoms with van der Waals surface area (Å²) in [5.41, 5.74) is -0.722. The average Bonchev–Trinajstić information content (AvgIpc) is 2.44. The molecule has 1 aromatic heterocycles. The highest BCUT2D eigenvalue weighted by Gasteiger charge is 2.18. The number of aromatic nitrogens is 2. The highest BCUT2D eigenvalue weighted by Crippen LogP contribution is 2.49. The van der Waals surface area contributed by atoms with E-state index in [1.165, 1.54) is 12.0 Å². The molecule has 1 aromatic rings. The molecule has 0 bridgehead atoms. The minimum absolute atomic E-state index is 0.167. The van der Waals surface area contributed by atoms with E-state index >= 15 is 0 Å². The molecule has 0 radical (unpaired) electrons. The maximum atomic E-state index is 12.1. The van der Waals surface area contributed by atoms with E-state index in [2.05, 4.69) is 4.98 Å². The molecule has 0 aliphatic heterocycles. The molecule has 0 fully saturated rings. The van der Waals surface area contributed by atoms with Crippen molar-refractivity contribution >= 4 is 7.60 Å². The van der Waals surface area contributed by atoms with Gasteiger partial charge in [-0.15, -0.1) is 4.73 Å². The van der Waals surface area contributed by atoms with Gasteiger partial charge in [0.2, 0.25) is 0 Å². The molecule has 0 aliphatic carbocycles. The summed E-state index contributed by atoms with van der Waals surface area (Å²) >= 11 is 0. The van der Waals surface area contributed by atoms with E-state index < -0.39 is 18.8 Å². The lowest BCUT2D eigenvalue weighted by molar-refractivity contribution is 0.101. The summed E-state index contributed by atoms with van der Waals surface area (Å²) in [5, 5.41) is 0. The van der Waals surface area contributed by atoms with Crippen molar-refractivity contribution in [2.45, 2.75) is 27.2 Å². The molecule has 0 spiro atoms. The highest BCUT2D eigenvalue weighted by molar-refractivity contribution is 7.57. The zero-order chi connectivity index (χ0) is 16.6. The smallest absolute Gasteiger partial charge is 0.361 e. The molecule has 1 rings (SSSR count). The van der Waals surface area contributed by atoms with E-state index in [0.717, 1.165) is 4.73 Å². The number of rotatable bonds is 9. The van der Waals surface area contributed by atoms with E-state index in [1.807, 2.05) is 0 Å². The van der Waals surface area contributed by atoms with Gasteiger partial charge in [-0.25, -0.2) is 4.79 Å². The molecule has 0 atom stereocenters. The Balaban J connectivity index is 2.56. The number of hydrogen-bond acceptors (Lipinski definition) is 6. The van der Waals surface area contributed by atoms with Crippen LogP contribution in [-0.2, 0) is 13.6 Å². The summed E-state index contributed by atoms with van der Waals surface area (Å²) in [6.07, 6.45) is 3.32. The van der Waals surface area contributed by atoms with Crippen LogP contribution in [0, 0.1) is 6.92 Å². The van der Waals surface area contributed by atoms with Gasteiger partial charge in [0.1, 0.15) is 6.61 Å². The fourth-order valence-corrected chi connectivity index (χ4v) is 2.92. The molecular weight excluding hydrogens is 311 g/mol. The van der Waals surface area contributed by atoms with Crippen LogP contribution in [0.5, 0.6) is 0 Å². The first kappa shape index (κ1) is 18.4. The Morgan fingerprint density at radius 1 is 1.27 bits per heavy atom. The van der Waals surface area contributed by atoms with E-state index in [1.54, 1.807) is 26.8 Å². The zero-order valence-electron chi connectivity index (χ0n) is 12.9. The third kappa shape index (κ3) is 5.63. The number of aromatic amines is 1. The van der Waals surface area contributed by atoms with Gasteiger partial charge < -0.3 is 13.9 Å². The first-order valence-corrected chi connectivity index (χ1v) is 8.55. The van der Waals surface area contributed by atoms with Gasteiger partial charge in [-0.3, -0.25) is 14.3 Å². The molecule has 0 amide bonds. The lowest BCUT2D eigenvalue weighted by Crippen LogP contribution is -2.34. The fourth-order valence-electron chi connectivity index (χ4n) is 1.55. The van der Waals surface area contributed by atoms with Gasteiger partial charge in [-0.2, -0.15) is 0 Å². The molecule has 124 valence electrons. The van der Waals surface area contributed by atoms with Gasteiger partial charge >= 0.3 is 13.3 Å². The van der Waals surface area contributed by atoms with Crippen LogP contribution < -0.4 is 16.1 Å². The van der Waals surface area contributed by atoms with Crippen LogP contribution in [0.3, 0.4) is 0 Å². The lowest BCUT2D eigenvalue weighted by atomic mass is 10.4. The maximum absolute atomic E-state index is 12.1. The Kier molecular flexibility index (Phi) is 7.31. The Morgan fingerprint density at radius 3 is 2.50 bits per heavy atom. The number of nitrogens with zero attached hydrogens (tertiary/aromatic N) is 1. The SMILES string of the molecule is CCOP(=O)(/C=C/CCOn1cc(C)c(=O)[nH]c1=O)OCC. The predicted octanol–water partition coefficient (Wildman–Crippen LogP) is 1.44. The normalized spacial score (nSPS) is 12.0. The highest BCUT2D eigenvalue weighted by atomic mass is 31.2. The van der Waals surface area contributed by atoms with Crippen LogP contribution in [0.25, 0.3) is 0 Å². The molecular formula is C13H21N2O6P. The molecule has 22 heavy (non-hydrogen) atoms. The average molecular weight is 332 g/mol. The molecule has 1 N–H and O–H groups in total. The zero-order valence-corrected chi connectivity index (χ0v) is 13.8. The number of hydrogen-bond donors (Lipinski definition) is 1. The van der Waals surface area contributed by atoms with Crippen molar-refractivity contribution in [2.24, 2.45) is 0 Å². The van der Waals surface area contributed by atoms with Crippen molar-refractivity contribution in [2.75, 3.05) is 19.8 Å². The molecule has 8 nitrogen and oxygen atoms in total. The van der Waals surface area contributed by atoms with E-state index in [0.29, 0.717) is 12.0 Å². The molecule has 9 heteroatoms. The van der Waals surface area contributed by atoms with Crippen molar-refractivity contribution < 1.29 is 18.5 Å². The summed E-state index contributed by atoms with van der Waals surface area (Å²) in [5.74, 6) is 1.38. The van der Waals surface area contributed by atoms with Crippen molar-refractivity contribution in [1.82, 2.24) is 9.71 Å². The second kappa shape index (κ2) is 8.73. The van der Waals surface area contributed by atoms with Gasteiger partial charge in [0.05, 0.1) is 19.4 Å². The summed E-state index contributed by atoms with van der Waals surface area (Å²) in [7, 11) is -3.21. The minimum Gasteiger partial charge on any atom is -0.409 e. The Hall–Kier alpha value is -1.63. The van der Waals surface area contributed by atoms with E-state index in [4.69, 9.17) is 13.9 Å². The van der Waals surface area contributed by atoms with Crippen molar-refractivity contribution in [3.8, 4) is 0 Å². The van der Waals surface area contributed by atoms with Crippen molar-refractivity contribution in [1.29, 1.82) is 0 Å². The summed E-state index contributed by atoms with van der Waals surface area (Å²) in [6, 6.07) is 0. The second-order valence-electron chi connectivity index (χ2n) is 4.28. The molecule has 1 heterocycles. The summed E-state index contributed by atoms with van der Waals surface area (Å²) < 4.78 is 23.3. The quantitative estimate of drug-likeness (QED) is 0.543. The van der Waals surface area contributed by atoms with Gasteiger partial charge in [-0.1, -0.05) is 6.08 Å². The standard InChI is InChI=1S/C13H21N2O6P/c1-4-20-22(18,21-5-2)9-7-6-8-19-15-10-11(3)12(16)14-13(15)17/h7,9-10H,4-6,8H2,1-3H3,(H,14,16,17)/b9-7+. The van der Waals surface area contributed by atoms with Crippen LogP contribution in [0.15, 0.2) is 27.7 Å². The molecule has 0 aliphatic rings. The van der Waals surface area contributed by atoms with Crippen LogP contribution >= 0.6 is 7.60 Å². The van der Waals surface area contributed by atoms with Crippen molar-refractivity contribution in [3.05, 3.63) is 44.5 Å². The fraction of sp³-hybridized carbons (Fsp3) is 0.538. The topological polar surface area (TPSA) is 99.6 Å². The largest absolute Gasteiger partial charge is 0.409 e. The van der Waals surface area contributed by atoms with Gasteiger partial charge in [-0.05, 0) is 20.8 Å². The van der Waals surface area contributed by atoms with Crippen LogP contribution in [0.2, 0.25) is 0 Å². The number of aryl methyl sites for hydroxylation is 1. The van der Waals surface area contributed by atoms with Crippen LogP contribution in [0.4, 0.5) is 0 Å². The van der Waals surface area contributed by atoms with Gasteiger partial charge in [0, 0.05) is 17.8 Å². The van der Waals surface area contributed by atoms with Gasteiger partial charge in [0.25, 0.3) is 5.56 Å². The lowest BCUT2D eigenvalue weighted by Gasteiger charge is -2.12. The second-order valence-corrected chi connectivity index (χ2v) is 6.17. The Morgan fingerprint density at radius 2 is 1.91 bits per heavy atom. The molecule has 0 saturated heterocycles.